The van der Waals surface area contributed by atoms with Gasteiger partial charge in [-0.15, -0.1) is 0 Å². The quantitative estimate of drug-likeness (QED) is 0.759. The van der Waals surface area contributed by atoms with Crippen molar-refractivity contribution in [1.82, 2.24) is 0 Å². The first-order valence-corrected chi connectivity index (χ1v) is 4.87. The van der Waals surface area contributed by atoms with E-state index in [2.05, 4.69) is 0 Å². The number of methoxy groups -OCH3 is 1. The second kappa shape index (κ2) is 5.76. The highest BCUT2D eigenvalue weighted by Crippen LogP contribution is 2.27. The summed E-state index contributed by atoms with van der Waals surface area (Å²) >= 11 is 0. The van der Waals surface area contributed by atoms with E-state index in [9.17, 15) is 4.79 Å². The third-order valence-electron chi connectivity index (χ3n) is 2.00. The smallest absolute Gasteiger partial charge is 0.162 e. The third-order valence-corrected chi connectivity index (χ3v) is 2.00. The van der Waals surface area contributed by atoms with Gasteiger partial charge in [-0.3, -0.25) is 4.79 Å². The summed E-state index contributed by atoms with van der Waals surface area (Å²) in [4.78, 5) is 10.7. The summed E-state index contributed by atoms with van der Waals surface area (Å²) in [6.07, 6.45) is 0.364. The predicted molar refractivity (Wildman–Crippen MR) is 58.5 cm³/mol. The number of Topliss-reactive ketones (excluding diaryl/α,β-unsaturated/α-hetero) is 1. The largest absolute Gasteiger partial charge is 0.493 e. The molecule has 84 valence electrons. The second-order valence-corrected chi connectivity index (χ2v) is 3.28. The van der Waals surface area contributed by atoms with E-state index in [-0.39, 0.29) is 5.78 Å². The van der Waals surface area contributed by atoms with Gasteiger partial charge in [0.1, 0.15) is 5.78 Å². The molecule has 4 heteroatoms. The van der Waals surface area contributed by atoms with Crippen LogP contribution >= 0.6 is 0 Å². The molecule has 16 heavy (non-hydrogen) atoms. The summed E-state index contributed by atoms with van der Waals surface area (Å²) in [5, 5.41) is 8.71. The molecule has 4 nitrogen and oxygen atoms in total. The molecule has 0 spiro atoms. The Bertz CT molecular complexity index is 421. The SMILES string of the molecule is COc1cc(C#N)ccc1OCCC(C)=O. The number of hydrogen-bond acceptors (Lipinski definition) is 4. The van der Waals surface area contributed by atoms with Crippen LogP contribution in [-0.2, 0) is 4.79 Å². The molecule has 0 bridgehead atoms. The molecular formula is C12H13NO3. The minimum absolute atomic E-state index is 0.0765. The van der Waals surface area contributed by atoms with Crippen LogP contribution in [0.15, 0.2) is 18.2 Å². The minimum atomic E-state index is 0.0765. The van der Waals surface area contributed by atoms with Crippen LogP contribution in [0, 0.1) is 11.3 Å². The molecule has 0 N–H and O–H groups in total. The Morgan fingerprint density at radius 3 is 2.75 bits per heavy atom. The van der Waals surface area contributed by atoms with Crippen LogP contribution in [-0.4, -0.2) is 19.5 Å². The number of nitrogens with zero attached hydrogens (tertiary/aromatic N) is 1. The van der Waals surface area contributed by atoms with E-state index in [1.165, 1.54) is 14.0 Å². The van der Waals surface area contributed by atoms with Crippen molar-refractivity contribution < 1.29 is 14.3 Å². The van der Waals surface area contributed by atoms with E-state index in [4.69, 9.17) is 14.7 Å². The van der Waals surface area contributed by atoms with Crippen LogP contribution in [0.4, 0.5) is 0 Å². The van der Waals surface area contributed by atoms with Crippen molar-refractivity contribution >= 4 is 5.78 Å². The van der Waals surface area contributed by atoms with Crippen LogP contribution < -0.4 is 9.47 Å². The maximum atomic E-state index is 10.7. The molecule has 1 rings (SSSR count). The van der Waals surface area contributed by atoms with Gasteiger partial charge in [-0.2, -0.15) is 5.26 Å². The van der Waals surface area contributed by atoms with Gasteiger partial charge in [0, 0.05) is 12.5 Å². The monoisotopic (exact) mass is 219 g/mol. The lowest BCUT2D eigenvalue weighted by Crippen LogP contribution is -2.03. The van der Waals surface area contributed by atoms with Crippen molar-refractivity contribution in [2.24, 2.45) is 0 Å². The van der Waals surface area contributed by atoms with Gasteiger partial charge in [0.05, 0.1) is 25.3 Å². The van der Waals surface area contributed by atoms with Crippen molar-refractivity contribution in [3.8, 4) is 17.6 Å². The fourth-order valence-corrected chi connectivity index (χ4v) is 1.16. The summed E-state index contributed by atoms with van der Waals surface area (Å²) in [6, 6.07) is 6.92. The standard InChI is InChI=1S/C12H13NO3/c1-9(14)5-6-16-11-4-3-10(8-13)7-12(11)15-2/h3-4,7H,5-6H2,1-2H3. The molecule has 1 aromatic rings. The molecule has 0 saturated carbocycles. The highest BCUT2D eigenvalue weighted by molar-refractivity contribution is 5.75. The van der Waals surface area contributed by atoms with Gasteiger partial charge >= 0.3 is 0 Å². The van der Waals surface area contributed by atoms with Gasteiger partial charge < -0.3 is 9.47 Å². The molecule has 0 atom stereocenters. The lowest BCUT2D eigenvalue weighted by atomic mass is 10.2. The van der Waals surface area contributed by atoms with Gasteiger partial charge in [-0.25, -0.2) is 0 Å². The molecular weight excluding hydrogens is 206 g/mol. The van der Waals surface area contributed by atoms with Crippen molar-refractivity contribution in [3.63, 3.8) is 0 Å². The molecule has 0 aliphatic carbocycles. The van der Waals surface area contributed by atoms with Crippen LogP contribution in [0.1, 0.15) is 18.9 Å². The van der Waals surface area contributed by atoms with Gasteiger partial charge in [-0.05, 0) is 19.1 Å². The number of carbonyl (C=O) groups is 1. The fourth-order valence-electron chi connectivity index (χ4n) is 1.16. The zero-order valence-corrected chi connectivity index (χ0v) is 9.32. The number of nitriles is 1. The van der Waals surface area contributed by atoms with E-state index in [1.54, 1.807) is 18.2 Å². The van der Waals surface area contributed by atoms with Gasteiger partial charge in [0.25, 0.3) is 0 Å². The van der Waals surface area contributed by atoms with Crippen molar-refractivity contribution in [2.45, 2.75) is 13.3 Å². The third kappa shape index (κ3) is 3.28. The average molecular weight is 219 g/mol. The highest BCUT2D eigenvalue weighted by Gasteiger charge is 2.05. The van der Waals surface area contributed by atoms with Crippen molar-refractivity contribution in [2.75, 3.05) is 13.7 Å². The van der Waals surface area contributed by atoms with Gasteiger partial charge in [0.15, 0.2) is 11.5 Å². The molecule has 0 aliphatic heterocycles. The summed E-state index contributed by atoms with van der Waals surface area (Å²) in [6.45, 7) is 1.83. The molecule has 0 amide bonds. The number of ketones is 1. The van der Waals surface area contributed by atoms with Crippen LogP contribution in [0.3, 0.4) is 0 Å². The maximum absolute atomic E-state index is 10.7. The molecule has 0 aliphatic rings. The lowest BCUT2D eigenvalue weighted by molar-refractivity contribution is -0.117. The first-order chi connectivity index (χ1) is 7.67. The molecule has 0 heterocycles. The Labute approximate surface area is 94.4 Å². The maximum Gasteiger partial charge on any atom is 0.162 e. The number of benzene rings is 1. The first kappa shape index (κ1) is 12.1. The molecule has 0 fully saturated rings. The van der Waals surface area contributed by atoms with E-state index in [1.807, 2.05) is 6.07 Å². The zero-order valence-electron chi connectivity index (χ0n) is 9.32. The van der Waals surface area contributed by atoms with Gasteiger partial charge in [-0.1, -0.05) is 0 Å². The zero-order chi connectivity index (χ0) is 12.0. The highest BCUT2D eigenvalue weighted by atomic mass is 16.5. The van der Waals surface area contributed by atoms with Crippen molar-refractivity contribution in [3.05, 3.63) is 23.8 Å². The minimum Gasteiger partial charge on any atom is -0.493 e. The summed E-state index contributed by atoms with van der Waals surface area (Å²) < 4.78 is 10.5. The van der Waals surface area contributed by atoms with E-state index in [0.29, 0.717) is 30.1 Å². The van der Waals surface area contributed by atoms with E-state index < -0.39 is 0 Å². The van der Waals surface area contributed by atoms with Crippen LogP contribution in [0.2, 0.25) is 0 Å². The van der Waals surface area contributed by atoms with E-state index >= 15 is 0 Å². The topological polar surface area (TPSA) is 59.3 Å². The molecule has 0 saturated heterocycles. The second-order valence-electron chi connectivity index (χ2n) is 3.28. The Kier molecular flexibility index (Phi) is 4.34. The lowest BCUT2D eigenvalue weighted by Gasteiger charge is -2.09. The summed E-state index contributed by atoms with van der Waals surface area (Å²) in [7, 11) is 1.51. The number of carbonyl (C=O) groups excluding carboxylic acids is 1. The Balaban J connectivity index is 2.72. The summed E-state index contributed by atoms with van der Waals surface area (Å²) in [5.74, 6) is 1.12. The predicted octanol–water partition coefficient (Wildman–Crippen LogP) is 1.92. The Morgan fingerprint density at radius 1 is 1.44 bits per heavy atom. The summed E-state index contributed by atoms with van der Waals surface area (Å²) in [5.41, 5.74) is 0.510. The molecule has 0 radical (unpaired) electrons. The number of hydrogen-bond donors (Lipinski definition) is 0. The van der Waals surface area contributed by atoms with Crippen LogP contribution in [0.5, 0.6) is 11.5 Å². The Morgan fingerprint density at radius 2 is 2.19 bits per heavy atom. The Hall–Kier alpha value is -2.02. The fraction of sp³-hybridized carbons (Fsp3) is 0.333. The molecule has 1 aromatic carbocycles. The molecule has 0 unspecified atom stereocenters. The number of ether oxygens (including phenoxy) is 2. The van der Waals surface area contributed by atoms with Gasteiger partial charge in [0.2, 0.25) is 0 Å². The first-order valence-electron chi connectivity index (χ1n) is 4.87. The number of rotatable bonds is 5. The van der Waals surface area contributed by atoms with Crippen LogP contribution in [0.25, 0.3) is 0 Å². The van der Waals surface area contributed by atoms with E-state index in [0.717, 1.165) is 0 Å². The normalized spacial score (nSPS) is 9.31. The molecule has 0 aromatic heterocycles. The van der Waals surface area contributed by atoms with Crippen molar-refractivity contribution in [1.29, 1.82) is 5.26 Å². The average Bonchev–Trinajstić information content (AvgIpc) is 2.29.